The number of aryl methyl sites for hydroxylation is 1. The molecule has 1 saturated heterocycles. The number of amides is 1. The van der Waals surface area contributed by atoms with Gasteiger partial charge in [-0.15, -0.1) is 0 Å². The highest BCUT2D eigenvalue weighted by molar-refractivity contribution is 6.17. The van der Waals surface area contributed by atoms with Gasteiger partial charge in [0.2, 0.25) is 5.91 Å². The second-order valence-electron chi connectivity index (χ2n) is 11.1. The molecule has 208 valence electrons. The van der Waals surface area contributed by atoms with Gasteiger partial charge in [0, 0.05) is 17.5 Å². The topological polar surface area (TPSA) is 75.7 Å². The van der Waals surface area contributed by atoms with Gasteiger partial charge in [0.25, 0.3) is 0 Å². The van der Waals surface area contributed by atoms with Crippen LogP contribution in [-0.4, -0.2) is 35.0 Å². The first-order valence-electron chi connectivity index (χ1n) is 14.3. The van der Waals surface area contributed by atoms with Crippen molar-refractivity contribution in [2.45, 2.75) is 31.3 Å². The van der Waals surface area contributed by atoms with Gasteiger partial charge < -0.3 is 15.0 Å². The van der Waals surface area contributed by atoms with Crippen molar-refractivity contribution in [3.63, 3.8) is 0 Å². The van der Waals surface area contributed by atoms with E-state index in [4.69, 9.17) is 4.74 Å². The normalized spacial score (nSPS) is 23.2. The van der Waals surface area contributed by atoms with Crippen molar-refractivity contribution in [2.75, 3.05) is 11.9 Å². The molecule has 0 radical (unpaired) electrons. The lowest BCUT2D eigenvalue weighted by molar-refractivity contribution is -0.122. The van der Waals surface area contributed by atoms with E-state index in [0.29, 0.717) is 29.2 Å². The number of carbonyl (C=O) groups excluding carboxylic acids is 3. The maximum Gasteiger partial charge on any atom is 0.238 e. The maximum atomic E-state index is 15.1. The molecule has 6 nitrogen and oxygen atoms in total. The Bertz CT molecular complexity index is 1780. The first kappa shape index (κ1) is 26.0. The number of anilines is 1. The molecule has 4 aromatic carbocycles. The summed E-state index contributed by atoms with van der Waals surface area (Å²) >= 11 is 0. The van der Waals surface area contributed by atoms with E-state index in [-0.39, 0.29) is 17.5 Å². The molecule has 0 saturated carbocycles. The van der Waals surface area contributed by atoms with Crippen LogP contribution in [-0.2, 0) is 10.2 Å². The fraction of sp³-hybridized carbons (Fsp3) is 0.194. The van der Waals surface area contributed by atoms with Gasteiger partial charge >= 0.3 is 0 Å². The van der Waals surface area contributed by atoms with Gasteiger partial charge in [-0.05, 0) is 54.8 Å². The van der Waals surface area contributed by atoms with Gasteiger partial charge in [-0.3, -0.25) is 14.4 Å². The summed E-state index contributed by atoms with van der Waals surface area (Å²) in [5, 5.41) is 3.09. The fourth-order valence-corrected chi connectivity index (χ4v) is 7.18. The number of fused-ring (bicyclic) bond motifs is 6. The molecule has 42 heavy (non-hydrogen) atoms. The first-order valence-corrected chi connectivity index (χ1v) is 14.3. The molecule has 3 heterocycles. The van der Waals surface area contributed by atoms with E-state index in [1.807, 2.05) is 97.8 Å². The Hall–Kier alpha value is -4.97. The van der Waals surface area contributed by atoms with Crippen LogP contribution in [0.3, 0.4) is 0 Å². The van der Waals surface area contributed by atoms with Crippen molar-refractivity contribution in [1.29, 1.82) is 0 Å². The van der Waals surface area contributed by atoms with Crippen LogP contribution in [0.25, 0.3) is 6.08 Å². The van der Waals surface area contributed by atoms with Crippen LogP contribution in [0, 0.1) is 12.8 Å². The molecule has 7 rings (SSSR count). The number of Topliss-reactive ketones (excluding diaryl/α,β-unsaturated/α-hetero) is 2. The van der Waals surface area contributed by atoms with E-state index in [1.165, 1.54) is 0 Å². The predicted octanol–water partition coefficient (Wildman–Crippen LogP) is 6.38. The van der Waals surface area contributed by atoms with Crippen LogP contribution < -0.4 is 10.1 Å². The predicted molar refractivity (Wildman–Crippen MR) is 162 cm³/mol. The zero-order valence-electron chi connectivity index (χ0n) is 23.4. The van der Waals surface area contributed by atoms with Crippen molar-refractivity contribution in [1.82, 2.24) is 4.90 Å². The van der Waals surface area contributed by atoms with Gasteiger partial charge in [0.05, 0.1) is 24.1 Å². The molecule has 3 aliphatic rings. The summed E-state index contributed by atoms with van der Waals surface area (Å²) in [6, 6.07) is 28.4. The van der Waals surface area contributed by atoms with Gasteiger partial charge in [-0.2, -0.15) is 0 Å². The van der Waals surface area contributed by atoms with Crippen LogP contribution in [0.4, 0.5) is 5.69 Å². The molecular formula is C36H30N2O4. The molecule has 1 fully saturated rings. The third kappa shape index (κ3) is 3.61. The Morgan fingerprint density at radius 3 is 2.40 bits per heavy atom. The van der Waals surface area contributed by atoms with Crippen LogP contribution >= 0.6 is 0 Å². The Labute approximate surface area is 244 Å². The van der Waals surface area contributed by atoms with Crippen molar-refractivity contribution >= 4 is 29.2 Å². The SMILES string of the molecule is CCOc1ccccc1C(=O)[C@@H]1[C@H](C(=O)c2ccc(C)cc2)N2C=Cc3ccccc3[C@@H]2[C@]12C(=O)Nc1ccccc12. The minimum absolute atomic E-state index is 0.203. The number of carbonyl (C=O) groups is 3. The Morgan fingerprint density at radius 2 is 1.60 bits per heavy atom. The van der Waals surface area contributed by atoms with Gasteiger partial charge in [0.15, 0.2) is 11.6 Å². The third-order valence-corrected chi connectivity index (χ3v) is 8.91. The van der Waals surface area contributed by atoms with E-state index in [0.717, 1.165) is 22.3 Å². The number of nitrogens with one attached hydrogen (secondary N) is 1. The Kier molecular flexibility index (Phi) is 6.08. The summed E-state index contributed by atoms with van der Waals surface area (Å²) in [5.41, 5.74) is 3.76. The number of rotatable bonds is 6. The van der Waals surface area contributed by atoms with Crippen molar-refractivity contribution in [3.8, 4) is 5.75 Å². The van der Waals surface area contributed by atoms with E-state index in [9.17, 15) is 9.59 Å². The molecule has 0 unspecified atom stereocenters. The summed E-state index contributed by atoms with van der Waals surface area (Å²) in [4.78, 5) is 46.2. The minimum atomic E-state index is -1.38. The van der Waals surface area contributed by atoms with E-state index in [1.54, 1.807) is 30.3 Å². The molecular weight excluding hydrogens is 524 g/mol. The highest BCUT2D eigenvalue weighted by Crippen LogP contribution is 2.62. The average Bonchev–Trinajstić information content (AvgIpc) is 3.49. The summed E-state index contributed by atoms with van der Waals surface area (Å²) in [7, 11) is 0. The third-order valence-electron chi connectivity index (χ3n) is 8.91. The highest BCUT2D eigenvalue weighted by atomic mass is 16.5. The molecule has 3 aliphatic heterocycles. The quantitative estimate of drug-likeness (QED) is 0.280. The number of ether oxygens (including phenoxy) is 1. The number of hydrogen-bond donors (Lipinski definition) is 1. The zero-order chi connectivity index (χ0) is 29.0. The average molecular weight is 555 g/mol. The molecule has 1 N–H and O–H groups in total. The largest absolute Gasteiger partial charge is 0.493 e. The van der Waals surface area contributed by atoms with Gasteiger partial charge in [0.1, 0.15) is 17.2 Å². The second kappa shape index (κ2) is 9.84. The molecule has 1 spiro atoms. The highest BCUT2D eigenvalue weighted by Gasteiger charge is 2.70. The minimum Gasteiger partial charge on any atom is -0.493 e. The van der Waals surface area contributed by atoms with Crippen molar-refractivity contribution < 1.29 is 19.1 Å². The summed E-state index contributed by atoms with van der Waals surface area (Å²) in [6.45, 7) is 4.21. The van der Waals surface area contributed by atoms with Gasteiger partial charge in [-0.1, -0.05) is 84.4 Å². The van der Waals surface area contributed by atoms with Crippen LogP contribution in [0.1, 0.15) is 55.9 Å². The Balaban J connectivity index is 1.54. The van der Waals surface area contributed by atoms with Crippen molar-refractivity contribution in [2.24, 2.45) is 5.92 Å². The molecule has 4 aromatic rings. The van der Waals surface area contributed by atoms with Crippen LogP contribution in [0.15, 0.2) is 103 Å². The molecule has 0 bridgehead atoms. The smallest absolute Gasteiger partial charge is 0.238 e. The molecule has 0 aromatic heterocycles. The number of benzene rings is 4. The molecule has 0 aliphatic carbocycles. The van der Waals surface area contributed by atoms with Crippen LogP contribution in [0.5, 0.6) is 5.75 Å². The maximum absolute atomic E-state index is 15.1. The van der Waals surface area contributed by atoms with Gasteiger partial charge in [-0.25, -0.2) is 0 Å². The fourth-order valence-electron chi connectivity index (χ4n) is 7.18. The van der Waals surface area contributed by atoms with Crippen LogP contribution in [0.2, 0.25) is 0 Å². The number of para-hydroxylation sites is 2. The van der Waals surface area contributed by atoms with Crippen molar-refractivity contribution in [3.05, 3.63) is 137 Å². The first-order chi connectivity index (χ1) is 20.5. The summed E-state index contributed by atoms with van der Waals surface area (Å²) in [6.07, 6.45) is 3.86. The Morgan fingerprint density at radius 1 is 0.881 bits per heavy atom. The standard InChI is InChI=1S/C36H30N2O4/c1-3-42-29-15-9-6-12-26(29)33(40)30-31(32(39)24-18-16-22(2)17-19-24)38-21-20-23-10-4-5-11-25(23)34(38)36(30)27-13-7-8-14-28(27)37-35(36)41/h4-21,30-31,34H,3H2,1-2H3,(H,37,41)/t30-,31+,34+,36+/m0/s1. The number of nitrogens with zero attached hydrogens (tertiary/aromatic N) is 1. The summed E-state index contributed by atoms with van der Waals surface area (Å²) in [5.74, 6) is -1.39. The lowest BCUT2D eigenvalue weighted by Crippen LogP contribution is -2.49. The zero-order valence-corrected chi connectivity index (χ0v) is 23.4. The van der Waals surface area contributed by atoms with E-state index < -0.39 is 23.4 Å². The summed E-state index contributed by atoms with van der Waals surface area (Å²) < 4.78 is 5.90. The monoisotopic (exact) mass is 554 g/mol. The molecule has 6 heteroatoms. The molecule has 1 amide bonds. The number of hydrogen-bond acceptors (Lipinski definition) is 5. The lowest BCUT2D eigenvalue weighted by atomic mass is 9.62. The number of ketones is 2. The second-order valence-corrected chi connectivity index (χ2v) is 11.1. The van der Waals surface area contributed by atoms with E-state index in [2.05, 4.69) is 5.32 Å². The lowest BCUT2D eigenvalue weighted by Gasteiger charge is -2.38. The molecule has 4 atom stereocenters. The van der Waals surface area contributed by atoms with E-state index >= 15 is 4.79 Å².